The van der Waals surface area contributed by atoms with Crippen LogP contribution in [0.5, 0.6) is 0 Å². The maximum absolute atomic E-state index is 10.7. The van der Waals surface area contributed by atoms with Crippen LogP contribution in [-0.4, -0.2) is 47.3 Å². The third-order valence-corrected chi connectivity index (χ3v) is 2.47. The monoisotopic (exact) mass is 246 g/mol. The summed E-state index contributed by atoms with van der Waals surface area (Å²) >= 11 is 0. The van der Waals surface area contributed by atoms with E-state index in [0.29, 0.717) is 13.1 Å². The molecule has 0 fully saturated rings. The molecule has 0 saturated heterocycles. The minimum Gasteiger partial charge on any atom is -0.481 e. The van der Waals surface area contributed by atoms with Gasteiger partial charge < -0.3 is 20.8 Å². The second kappa shape index (κ2) is 8.03. The van der Waals surface area contributed by atoms with Crippen molar-refractivity contribution in [3.05, 3.63) is 0 Å². The number of carboxylic acid groups (broad SMARTS) is 2. The SMILES string of the molecule is CCCC(C)(CC(=O)O)NCCNCC(=O)O. The van der Waals surface area contributed by atoms with Gasteiger partial charge in [-0.25, -0.2) is 0 Å². The van der Waals surface area contributed by atoms with Gasteiger partial charge in [0.1, 0.15) is 0 Å². The standard InChI is InChI=1S/C11H22N2O4/c1-3-4-11(2,7-9(14)15)13-6-5-12-8-10(16)17/h12-13H,3-8H2,1-2H3,(H,14,15)(H,16,17). The summed E-state index contributed by atoms with van der Waals surface area (Å²) < 4.78 is 0. The van der Waals surface area contributed by atoms with Gasteiger partial charge in [0.2, 0.25) is 0 Å². The third kappa shape index (κ3) is 8.65. The lowest BCUT2D eigenvalue weighted by Crippen LogP contribution is -2.47. The zero-order valence-electron chi connectivity index (χ0n) is 10.5. The van der Waals surface area contributed by atoms with Crippen molar-refractivity contribution in [2.75, 3.05) is 19.6 Å². The maximum atomic E-state index is 10.7. The molecule has 1 atom stereocenters. The zero-order chi connectivity index (χ0) is 13.3. The molecule has 0 aromatic carbocycles. The van der Waals surface area contributed by atoms with E-state index in [0.717, 1.165) is 12.8 Å². The number of aliphatic carboxylic acids is 2. The molecule has 0 aromatic heterocycles. The van der Waals surface area contributed by atoms with Crippen LogP contribution < -0.4 is 10.6 Å². The predicted octanol–water partition coefficient (Wildman–Crippen LogP) is 0.284. The molecule has 100 valence electrons. The van der Waals surface area contributed by atoms with Crippen LogP contribution in [0.15, 0.2) is 0 Å². The first-order chi connectivity index (χ1) is 7.89. The fourth-order valence-corrected chi connectivity index (χ4v) is 1.77. The van der Waals surface area contributed by atoms with Gasteiger partial charge in [0.15, 0.2) is 0 Å². The topological polar surface area (TPSA) is 98.7 Å². The van der Waals surface area contributed by atoms with Crippen molar-refractivity contribution in [1.29, 1.82) is 0 Å². The number of hydrogen-bond donors (Lipinski definition) is 4. The number of nitrogens with one attached hydrogen (secondary N) is 2. The quantitative estimate of drug-likeness (QED) is 0.413. The van der Waals surface area contributed by atoms with Crippen molar-refractivity contribution in [2.45, 2.75) is 38.6 Å². The Bertz CT molecular complexity index is 258. The lowest BCUT2D eigenvalue weighted by Gasteiger charge is -2.29. The lowest BCUT2D eigenvalue weighted by molar-refractivity contribution is -0.138. The van der Waals surface area contributed by atoms with Gasteiger partial charge in [-0.2, -0.15) is 0 Å². The highest BCUT2D eigenvalue weighted by Gasteiger charge is 2.25. The summed E-state index contributed by atoms with van der Waals surface area (Å²) in [6, 6.07) is 0. The van der Waals surface area contributed by atoms with Gasteiger partial charge in [-0.1, -0.05) is 13.3 Å². The van der Waals surface area contributed by atoms with Gasteiger partial charge in [-0.15, -0.1) is 0 Å². The van der Waals surface area contributed by atoms with Crippen molar-refractivity contribution in [1.82, 2.24) is 10.6 Å². The molecule has 0 aliphatic carbocycles. The van der Waals surface area contributed by atoms with Crippen LogP contribution in [-0.2, 0) is 9.59 Å². The molecule has 1 unspecified atom stereocenters. The first-order valence-electron chi connectivity index (χ1n) is 5.79. The lowest BCUT2D eigenvalue weighted by atomic mass is 9.92. The predicted molar refractivity (Wildman–Crippen MR) is 64.1 cm³/mol. The Morgan fingerprint density at radius 2 is 1.82 bits per heavy atom. The van der Waals surface area contributed by atoms with E-state index in [-0.39, 0.29) is 13.0 Å². The van der Waals surface area contributed by atoms with Crippen LogP contribution in [0.1, 0.15) is 33.1 Å². The Hall–Kier alpha value is -1.14. The highest BCUT2D eigenvalue weighted by atomic mass is 16.4. The Balaban J connectivity index is 3.91. The van der Waals surface area contributed by atoms with E-state index in [2.05, 4.69) is 10.6 Å². The molecule has 0 aromatic rings. The Labute approximate surface area is 101 Å². The van der Waals surface area contributed by atoms with Crippen LogP contribution in [0.25, 0.3) is 0 Å². The zero-order valence-corrected chi connectivity index (χ0v) is 10.5. The molecule has 0 bridgehead atoms. The van der Waals surface area contributed by atoms with Gasteiger partial charge in [0, 0.05) is 18.6 Å². The average molecular weight is 246 g/mol. The second-order valence-corrected chi connectivity index (χ2v) is 4.38. The summed E-state index contributed by atoms with van der Waals surface area (Å²) in [5, 5.41) is 23.1. The Morgan fingerprint density at radius 1 is 1.18 bits per heavy atom. The van der Waals surface area contributed by atoms with Gasteiger partial charge in [-0.3, -0.25) is 9.59 Å². The summed E-state index contributed by atoms with van der Waals surface area (Å²) in [6.07, 6.45) is 1.75. The summed E-state index contributed by atoms with van der Waals surface area (Å²) in [5.74, 6) is -1.72. The molecule has 0 aliphatic rings. The molecular formula is C11H22N2O4. The van der Waals surface area contributed by atoms with Crippen molar-refractivity contribution in [2.24, 2.45) is 0 Å². The smallest absolute Gasteiger partial charge is 0.317 e. The molecule has 0 radical (unpaired) electrons. The van der Waals surface area contributed by atoms with Gasteiger partial charge in [0.25, 0.3) is 0 Å². The van der Waals surface area contributed by atoms with Crippen molar-refractivity contribution < 1.29 is 19.8 Å². The van der Waals surface area contributed by atoms with E-state index >= 15 is 0 Å². The number of hydrogen-bond acceptors (Lipinski definition) is 4. The minimum absolute atomic E-state index is 0.0692. The summed E-state index contributed by atoms with van der Waals surface area (Å²) in [5.41, 5.74) is -0.425. The van der Waals surface area contributed by atoms with Crippen molar-refractivity contribution in [3.8, 4) is 0 Å². The Morgan fingerprint density at radius 3 is 2.29 bits per heavy atom. The number of carbonyl (C=O) groups is 2. The van der Waals surface area contributed by atoms with Crippen LogP contribution in [0.2, 0.25) is 0 Å². The minimum atomic E-state index is -0.896. The summed E-state index contributed by atoms with van der Waals surface area (Å²) in [6.45, 7) is 4.86. The van der Waals surface area contributed by atoms with Crippen LogP contribution >= 0.6 is 0 Å². The fourth-order valence-electron chi connectivity index (χ4n) is 1.77. The summed E-state index contributed by atoms with van der Waals surface area (Å²) in [4.78, 5) is 21.0. The first-order valence-corrected chi connectivity index (χ1v) is 5.79. The fraction of sp³-hybridized carbons (Fsp3) is 0.818. The van der Waals surface area contributed by atoms with E-state index < -0.39 is 17.5 Å². The van der Waals surface area contributed by atoms with Gasteiger partial charge >= 0.3 is 11.9 Å². The van der Waals surface area contributed by atoms with Crippen LogP contribution in [0, 0.1) is 0 Å². The Kier molecular flexibility index (Phi) is 7.49. The van der Waals surface area contributed by atoms with Crippen molar-refractivity contribution in [3.63, 3.8) is 0 Å². The molecule has 0 rings (SSSR count). The molecule has 0 aliphatic heterocycles. The van der Waals surface area contributed by atoms with Crippen LogP contribution in [0.4, 0.5) is 0 Å². The van der Waals surface area contributed by atoms with E-state index in [1.54, 1.807) is 0 Å². The molecule has 6 nitrogen and oxygen atoms in total. The van der Waals surface area contributed by atoms with E-state index in [1.165, 1.54) is 0 Å². The van der Waals surface area contributed by atoms with Gasteiger partial charge in [0.05, 0.1) is 13.0 Å². The van der Waals surface area contributed by atoms with Crippen molar-refractivity contribution >= 4 is 11.9 Å². The largest absolute Gasteiger partial charge is 0.481 e. The molecule has 6 heteroatoms. The second-order valence-electron chi connectivity index (χ2n) is 4.38. The number of carboxylic acids is 2. The average Bonchev–Trinajstić information content (AvgIpc) is 2.15. The first kappa shape index (κ1) is 15.9. The van der Waals surface area contributed by atoms with E-state index in [9.17, 15) is 9.59 Å². The normalized spacial score (nSPS) is 14.2. The van der Waals surface area contributed by atoms with Crippen LogP contribution in [0.3, 0.4) is 0 Å². The molecule has 0 heterocycles. The number of rotatable bonds is 10. The molecule has 4 N–H and O–H groups in total. The molecule has 17 heavy (non-hydrogen) atoms. The van der Waals surface area contributed by atoms with Gasteiger partial charge in [-0.05, 0) is 13.3 Å². The molecule has 0 amide bonds. The summed E-state index contributed by atoms with van der Waals surface area (Å²) in [7, 11) is 0. The van der Waals surface area contributed by atoms with E-state index in [4.69, 9.17) is 10.2 Å². The molecule has 0 spiro atoms. The highest BCUT2D eigenvalue weighted by Crippen LogP contribution is 2.16. The molecular weight excluding hydrogens is 224 g/mol. The third-order valence-electron chi connectivity index (χ3n) is 2.47. The van der Waals surface area contributed by atoms with E-state index in [1.807, 2.05) is 13.8 Å². The maximum Gasteiger partial charge on any atom is 0.317 e. The molecule has 0 saturated carbocycles. The highest BCUT2D eigenvalue weighted by molar-refractivity contribution is 5.69.